The Balaban J connectivity index is 1.44. The Labute approximate surface area is 173 Å². The van der Waals surface area contributed by atoms with E-state index >= 15 is 0 Å². The van der Waals surface area contributed by atoms with Gasteiger partial charge in [-0.2, -0.15) is 5.10 Å². The first kappa shape index (κ1) is 19.8. The maximum absolute atomic E-state index is 14.1. The van der Waals surface area contributed by atoms with E-state index in [1.807, 2.05) is 0 Å². The van der Waals surface area contributed by atoms with Gasteiger partial charge in [-0.05, 0) is 36.8 Å². The summed E-state index contributed by atoms with van der Waals surface area (Å²) < 4.78 is 28.1. The SMILES string of the molecule is Cc1cc(F)c(C(=O)c2c[nH]c(C(=O)CCc3nnc(-c4ccn[nH]4)s3)c2)c(F)c1. The number of Topliss-reactive ketones (excluding diaryl/α,β-unsaturated/α-hetero) is 1. The molecular weight excluding hydrogens is 412 g/mol. The molecule has 2 N–H and O–H groups in total. The van der Waals surface area contributed by atoms with Crippen molar-refractivity contribution in [2.24, 2.45) is 0 Å². The van der Waals surface area contributed by atoms with Gasteiger partial charge in [0, 0.05) is 30.8 Å². The van der Waals surface area contributed by atoms with Gasteiger partial charge in [0.2, 0.25) is 0 Å². The van der Waals surface area contributed by atoms with E-state index < -0.39 is 23.0 Å². The third kappa shape index (κ3) is 3.94. The Morgan fingerprint density at radius 3 is 2.60 bits per heavy atom. The van der Waals surface area contributed by atoms with Crippen LogP contribution in [0.5, 0.6) is 0 Å². The van der Waals surface area contributed by atoms with E-state index in [1.165, 1.54) is 30.5 Å². The number of hydrogen-bond acceptors (Lipinski definition) is 6. The van der Waals surface area contributed by atoms with Crippen molar-refractivity contribution in [1.82, 2.24) is 25.4 Å². The molecule has 30 heavy (non-hydrogen) atoms. The van der Waals surface area contributed by atoms with E-state index in [-0.39, 0.29) is 23.5 Å². The third-order valence-electron chi connectivity index (χ3n) is 4.42. The first-order chi connectivity index (χ1) is 14.4. The number of aromatic nitrogens is 5. The Bertz CT molecular complexity index is 1210. The van der Waals surface area contributed by atoms with E-state index in [0.717, 1.165) is 17.8 Å². The molecule has 0 bridgehead atoms. The summed E-state index contributed by atoms with van der Waals surface area (Å²) in [5.41, 5.74) is 0.674. The van der Waals surface area contributed by atoms with E-state index in [2.05, 4.69) is 25.4 Å². The van der Waals surface area contributed by atoms with Crippen LogP contribution in [0, 0.1) is 18.6 Å². The van der Waals surface area contributed by atoms with Crippen LogP contribution in [0.1, 0.15) is 43.4 Å². The largest absolute Gasteiger partial charge is 0.358 e. The van der Waals surface area contributed by atoms with Gasteiger partial charge in [0.15, 0.2) is 16.6 Å². The maximum Gasteiger partial charge on any atom is 0.200 e. The molecule has 0 fully saturated rings. The molecule has 1 aromatic carbocycles. The van der Waals surface area contributed by atoms with E-state index in [1.54, 1.807) is 12.3 Å². The highest BCUT2D eigenvalue weighted by atomic mass is 32.1. The van der Waals surface area contributed by atoms with Gasteiger partial charge in [-0.25, -0.2) is 8.78 Å². The molecule has 10 heteroatoms. The standard InChI is InChI=1S/C20H15F2N5O2S/c1-10-6-12(21)18(13(22)7-10)19(29)11-8-15(23-9-11)16(28)2-3-17-26-27-20(30-17)14-4-5-24-25-14/h4-9,23H,2-3H2,1H3,(H,24,25). The predicted octanol–water partition coefficient (Wildman–Crippen LogP) is 3.89. The summed E-state index contributed by atoms with van der Waals surface area (Å²) in [6.07, 6.45) is 3.39. The van der Waals surface area contributed by atoms with Crippen molar-refractivity contribution in [3.05, 3.63) is 75.7 Å². The van der Waals surface area contributed by atoms with Crippen molar-refractivity contribution in [3.8, 4) is 10.7 Å². The monoisotopic (exact) mass is 427 g/mol. The number of benzene rings is 1. The summed E-state index contributed by atoms with van der Waals surface area (Å²) in [5.74, 6) is -2.95. The summed E-state index contributed by atoms with van der Waals surface area (Å²) in [6.45, 7) is 1.53. The molecule has 4 aromatic rings. The van der Waals surface area contributed by atoms with Crippen molar-refractivity contribution in [1.29, 1.82) is 0 Å². The second kappa shape index (κ2) is 8.07. The van der Waals surface area contributed by atoms with Gasteiger partial charge in [0.1, 0.15) is 16.6 Å². The number of nitrogens with one attached hydrogen (secondary N) is 2. The van der Waals surface area contributed by atoms with E-state index in [4.69, 9.17) is 0 Å². The number of carbonyl (C=O) groups excluding carboxylic acids is 2. The molecule has 0 saturated carbocycles. The zero-order valence-electron chi connectivity index (χ0n) is 15.7. The Hall–Kier alpha value is -3.53. The molecule has 0 radical (unpaired) electrons. The number of rotatable bonds is 7. The van der Waals surface area contributed by atoms with Gasteiger partial charge < -0.3 is 4.98 Å². The second-order valence-electron chi connectivity index (χ2n) is 6.63. The lowest BCUT2D eigenvalue weighted by Gasteiger charge is -2.04. The van der Waals surface area contributed by atoms with Crippen LogP contribution in [0.3, 0.4) is 0 Å². The highest BCUT2D eigenvalue weighted by molar-refractivity contribution is 7.14. The molecule has 0 unspecified atom stereocenters. The van der Waals surface area contributed by atoms with Crippen molar-refractivity contribution in [2.45, 2.75) is 19.8 Å². The lowest BCUT2D eigenvalue weighted by molar-refractivity contribution is 0.0978. The molecule has 4 rings (SSSR count). The van der Waals surface area contributed by atoms with Gasteiger partial charge >= 0.3 is 0 Å². The number of hydrogen-bond donors (Lipinski definition) is 2. The summed E-state index contributed by atoms with van der Waals surface area (Å²) >= 11 is 1.35. The van der Waals surface area contributed by atoms with E-state index in [9.17, 15) is 18.4 Å². The van der Waals surface area contributed by atoms with Gasteiger partial charge in [-0.3, -0.25) is 14.7 Å². The van der Waals surface area contributed by atoms with E-state index in [0.29, 0.717) is 22.0 Å². The molecule has 0 aliphatic carbocycles. The first-order valence-corrected chi connectivity index (χ1v) is 9.78. The van der Waals surface area contributed by atoms with Gasteiger partial charge in [-0.1, -0.05) is 11.3 Å². The van der Waals surface area contributed by atoms with Crippen LogP contribution in [0.25, 0.3) is 10.7 Å². The summed E-state index contributed by atoms with van der Waals surface area (Å²) in [5, 5.41) is 16.1. The average molecular weight is 427 g/mol. The second-order valence-corrected chi connectivity index (χ2v) is 7.69. The maximum atomic E-state index is 14.1. The van der Waals surface area contributed by atoms with Crippen LogP contribution in [0.4, 0.5) is 8.78 Å². The van der Waals surface area contributed by atoms with Gasteiger partial charge in [0.25, 0.3) is 0 Å². The van der Waals surface area contributed by atoms with Crippen molar-refractivity contribution >= 4 is 22.9 Å². The molecule has 3 heterocycles. The topological polar surface area (TPSA) is 104 Å². The van der Waals surface area contributed by atoms with Gasteiger partial charge in [-0.15, -0.1) is 10.2 Å². The zero-order valence-corrected chi connectivity index (χ0v) is 16.5. The van der Waals surface area contributed by atoms with Crippen molar-refractivity contribution in [2.75, 3.05) is 0 Å². The smallest absolute Gasteiger partial charge is 0.200 e. The minimum Gasteiger partial charge on any atom is -0.358 e. The average Bonchev–Trinajstić information content (AvgIpc) is 3.46. The highest BCUT2D eigenvalue weighted by Crippen LogP contribution is 2.23. The van der Waals surface area contributed by atoms with Crippen LogP contribution < -0.4 is 0 Å². The molecule has 0 atom stereocenters. The summed E-state index contributed by atoms with van der Waals surface area (Å²) in [4.78, 5) is 27.7. The van der Waals surface area contributed by atoms with Gasteiger partial charge in [0.05, 0.1) is 17.0 Å². The quantitative estimate of drug-likeness (QED) is 0.436. The van der Waals surface area contributed by atoms with Crippen molar-refractivity contribution < 1.29 is 18.4 Å². The number of H-pyrrole nitrogens is 2. The fourth-order valence-electron chi connectivity index (χ4n) is 2.94. The lowest BCUT2D eigenvalue weighted by Crippen LogP contribution is -2.07. The third-order valence-corrected chi connectivity index (χ3v) is 5.44. The predicted molar refractivity (Wildman–Crippen MR) is 105 cm³/mol. The molecule has 0 saturated heterocycles. The fraction of sp³-hybridized carbons (Fsp3) is 0.150. The number of nitrogens with zero attached hydrogens (tertiary/aromatic N) is 3. The Morgan fingerprint density at radius 1 is 1.13 bits per heavy atom. The molecule has 0 aliphatic rings. The minimum absolute atomic E-state index is 0.0115. The number of carbonyl (C=O) groups is 2. The summed E-state index contributed by atoms with van der Waals surface area (Å²) in [6, 6.07) is 5.26. The lowest BCUT2D eigenvalue weighted by atomic mass is 10.0. The molecule has 152 valence electrons. The summed E-state index contributed by atoms with van der Waals surface area (Å²) in [7, 11) is 0. The van der Waals surface area contributed by atoms with Crippen LogP contribution >= 0.6 is 11.3 Å². The number of aromatic amines is 2. The Morgan fingerprint density at radius 2 is 1.90 bits per heavy atom. The van der Waals surface area contributed by atoms with Crippen LogP contribution in [0.15, 0.2) is 36.7 Å². The molecule has 0 spiro atoms. The van der Waals surface area contributed by atoms with Crippen molar-refractivity contribution in [3.63, 3.8) is 0 Å². The van der Waals surface area contributed by atoms with Crippen LogP contribution in [0.2, 0.25) is 0 Å². The molecule has 0 aliphatic heterocycles. The first-order valence-electron chi connectivity index (χ1n) is 8.96. The van der Waals surface area contributed by atoms with Crippen LogP contribution in [-0.2, 0) is 6.42 Å². The number of ketones is 2. The molecular formula is C20H15F2N5O2S. The normalized spacial score (nSPS) is 11.0. The fourth-order valence-corrected chi connectivity index (χ4v) is 3.76. The molecule has 0 amide bonds. The molecule has 7 nitrogen and oxygen atoms in total. The Kier molecular flexibility index (Phi) is 5.32. The van der Waals surface area contributed by atoms with Crippen LogP contribution in [-0.4, -0.2) is 36.9 Å². The highest BCUT2D eigenvalue weighted by Gasteiger charge is 2.22. The molecule has 3 aromatic heterocycles. The number of aryl methyl sites for hydroxylation is 2. The number of halogens is 2. The minimum atomic E-state index is -0.934. The zero-order chi connectivity index (χ0) is 21.3.